The van der Waals surface area contributed by atoms with Gasteiger partial charge in [-0.05, 0) is 89.9 Å². The number of phosphoric acid groups is 1. The number of allylic oxidation sites excluding steroid dienone is 12. The second-order valence-electron chi connectivity index (χ2n) is 21.9. The summed E-state index contributed by atoms with van der Waals surface area (Å²) < 4.78 is 39.7. The molecule has 12 heteroatoms. The summed E-state index contributed by atoms with van der Waals surface area (Å²) >= 11 is 0. The third kappa shape index (κ3) is 59.5. The predicted molar refractivity (Wildman–Crippen MR) is 335 cm³/mol. The summed E-state index contributed by atoms with van der Waals surface area (Å²) in [6.07, 6.45) is 71.3. The van der Waals surface area contributed by atoms with Crippen LogP contribution in [0.4, 0.5) is 0 Å². The van der Waals surface area contributed by atoms with Crippen LogP contribution in [0.3, 0.4) is 0 Å². The summed E-state index contributed by atoms with van der Waals surface area (Å²) in [5, 5.41) is 9.86. The summed E-state index contributed by atoms with van der Waals surface area (Å²) in [6.45, 7) is 4.54. The highest BCUT2D eigenvalue weighted by Crippen LogP contribution is 2.43. The Balaban J connectivity index is 4.72. The molecule has 0 saturated heterocycles. The fourth-order valence-electron chi connectivity index (χ4n) is 9.14. The van der Waals surface area contributed by atoms with Gasteiger partial charge >= 0.3 is 25.7 Å². The zero-order chi connectivity index (χ0) is 58.3. The molecular formula is C68H121O11P. The molecule has 3 atom stereocenters. The van der Waals surface area contributed by atoms with Crippen molar-refractivity contribution in [2.45, 2.75) is 315 Å². The topological polar surface area (TPSA) is 155 Å². The lowest BCUT2D eigenvalue weighted by molar-refractivity contribution is -0.161. The molecule has 0 aliphatic heterocycles. The maximum absolute atomic E-state index is 13.0. The number of aliphatic hydroxyl groups is 1. The first kappa shape index (κ1) is 76.9. The van der Waals surface area contributed by atoms with E-state index in [0.717, 1.165) is 116 Å². The lowest BCUT2D eigenvalue weighted by atomic mass is 10.0. The summed E-state index contributed by atoms with van der Waals surface area (Å²) in [7, 11) is -4.76. The van der Waals surface area contributed by atoms with E-state index < -0.39 is 57.8 Å². The van der Waals surface area contributed by atoms with Crippen molar-refractivity contribution >= 4 is 25.7 Å². The Kier molecular flexibility index (Phi) is 59.6. The number of phosphoric ester groups is 1. The first-order chi connectivity index (χ1) is 39.2. The number of hydrogen-bond acceptors (Lipinski definition) is 10. The van der Waals surface area contributed by atoms with Gasteiger partial charge in [0.05, 0.1) is 19.8 Å². The van der Waals surface area contributed by atoms with Crippen molar-refractivity contribution in [3.05, 3.63) is 72.9 Å². The van der Waals surface area contributed by atoms with Crippen LogP contribution in [0, 0.1) is 0 Å². The van der Waals surface area contributed by atoms with E-state index in [-0.39, 0.29) is 25.9 Å². The average Bonchev–Trinajstić information content (AvgIpc) is 3.45. The van der Waals surface area contributed by atoms with E-state index in [9.17, 15) is 28.9 Å². The van der Waals surface area contributed by atoms with Gasteiger partial charge in [0, 0.05) is 19.3 Å². The minimum atomic E-state index is -4.76. The van der Waals surface area contributed by atoms with Gasteiger partial charge in [-0.1, -0.05) is 267 Å². The fraction of sp³-hybridized carbons (Fsp3) is 0.779. The average molecular weight is 1150 g/mol. The van der Waals surface area contributed by atoms with E-state index in [4.69, 9.17) is 23.3 Å². The Hall–Kier alpha value is -3.08. The first-order valence-corrected chi connectivity index (χ1v) is 34.3. The SMILES string of the molecule is CC/C=C\C/C=C\C/C=C\C/C=C\CCCCCCCCC(=O)OCC(COP(=O)(O)OCC(CO)OC(=O)CCCCCCCCCCCCCCCCC)OC(=O)CCCCCCCCCCC/C=C\C/C=C\CCCCC. The summed E-state index contributed by atoms with van der Waals surface area (Å²) in [5.74, 6) is -1.47. The second kappa shape index (κ2) is 62.0. The zero-order valence-electron chi connectivity index (χ0n) is 51.5. The normalized spacial score (nSPS) is 13.7. The Morgan fingerprint density at radius 2 is 0.650 bits per heavy atom. The van der Waals surface area contributed by atoms with Gasteiger partial charge in [0.1, 0.15) is 12.7 Å². The van der Waals surface area contributed by atoms with Gasteiger partial charge in [0.15, 0.2) is 6.10 Å². The summed E-state index contributed by atoms with van der Waals surface area (Å²) in [5.41, 5.74) is 0. The number of rotatable bonds is 61. The standard InChI is InChI=1S/C68H121O11P/c1-4-7-10-13-16-19-22-25-28-30-32-34-37-39-42-45-48-51-54-57-66(70)75-61-65(79-68(72)59-56-53-50-47-44-41-38-35-33-31-29-26-23-20-17-14-11-8-5-2)63-77-80(73,74)76-62-64(60-69)78-67(71)58-55-52-49-46-43-40-36-27-24-21-18-15-12-9-6-3/h7,10,16-17,19-20,25-26,28-29,32,34,64-65,69H,4-6,8-9,11-15,18,21-24,27,30-31,33,35-63H2,1-3H3,(H,73,74)/b10-7-,19-16-,20-17-,28-25-,29-26-,34-32-. The van der Waals surface area contributed by atoms with Crippen molar-refractivity contribution in [3.8, 4) is 0 Å². The van der Waals surface area contributed by atoms with Crippen LogP contribution >= 0.6 is 7.82 Å². The highest BCUT2D eigenvalue weighted by molar-refractivity contribution is 7.47. The van der Waals surface area contributed by atoms with Crippen molar-refractivity contribution in [1.82, 2.24) is 0 Å². The summed E-state index contributed by atoms with van der Waals surface area (Å²) in [4.78, 5) is 48.8. The smallest absolute Gasteiger partial charge is 0.462 e. The van der Waals surface area contributed by atoms with Crippen LogP contribution in [0.15, 0.2) is 72.9 Å². The lowest BCUT2D eigenvalue weighted by Crippen LogP contribution is -2.30. The van der Waals surface area contributed by atoms with Crippen molar-refractivity contribution in [1.29, 1.82) is 0 Å². The minimum Gasteiger partial charge on any atom is -0.462 e. The monoisotopic (exact) mass is 1140 g/mol. The van der Waals surface area contributed by atoms with E-state index in [2.05, 4.69) is 93.7 Å². The number of aliphatic hydroxyl groups excluding tert-OH is 1. The molecule has 0 saturated carbocycles. The molecule has 464 valence electrons. The molecule has 0 spiro atoms. The van der Waals surface area contributed by atoms with Gasteiger partial charge in [-0.2, -0.15) is 0 Å². The first-order valence-electron chi connectivity index (χ1n) is 32.8. The number of esters is 3. The molecule has 0 rings (SSSR count). The molecule has 0 aromatic carbocycles. The summed E-state index contributed by atoms with van der Waals surface area (Å²) in [6, 6.07) is 0. The van der Waals surface area contributed by atoms with E-state index in [1.807, 2.05) is 0 Å². The number of carbonyl (C=O) groups excluding carboxylic acids is 3. The molecule has 0 radical (unpaired) electrons. The molecule has 0 aromatic heterocycles. The second-order valence-corrected chi connectivity index (χ2v) is 23.4. The number of carbonyl (C=O) groups is 3. The Labute approximate surface area is 490 Å². The predicted octanol–water partition coefficient (Wildman–Crippen LogP) is 20.0. The largest absolute Gasteiger partial charge is 0.472 e. The van der Waals surface area contributed by atoms with E-state index in [0.29, 0.717) is 19.3 Å². The molecule has 0 heterocycles. The maximum atomic E-state index is 13.0. The van der Waals surface area contributed by atoms with Crippen LogP contribution in [0.2, 0.25) is 0 Å². The Morgan fingerprint density at radius 1 is 0.362 bits per heavy atom. The molecule has 11 nitrogen and oxygen atoms in total. The van der Waals surface area contributed by atoms with Gasteiger partial charge < -0.3 is 24.2 Å². The number of hydrogen-bond donors (Lipinski definition) is 2. The molecule has 0 amide bonds. The van der Waals surface area contributed by atoms with Crippen LogP contribution in [-0.2, 0) is 42.2 Å². The molecule has 0 bridgehead atoms. The highest BCUT2D eigenvalue weighted by Gasteiger charge is 2.28. The van der Waals surface area contributed by atoms with Gasteiger partial charge in [-0.3, -0.25) is 23.4 Å². The molecular weight excluding hydrogens is 1020 g/mol. The Bertz CT molecular complexity index is 1620. The number of ether oxygens (including phenoxy) is 3. The van der Waals surface area contributed by atoms with Crippen LogP contribution in [0.5, 0.6) is 0 Å². The van der Waals surface area contributed by atoms with E-state index in [1.54, 1.807) is 0 Å². The fourth-order valence-corrected chi connectivity index (χ4v) is 9.93. The van der Waals surface area contributed by atoms with Gasteiger partial charge in [0.25, 0.3) is 0 Å². The Morgan fingerprint density at radius 3 is 1.02 bits per heavy atom. The van der Waals surface area contributed by atoms with Crippen LogP contribution in [-0.4, -0.2) is 66.5 Å². The van der Waals surface area contributed by atoms with Gasteiger partial charge in [-0.25, -0.2) is 4.57 Å². The quantitative estimate of drug-likeness (QED) is 0.0197. The molecule has 2 N–H and O–H groups in total. The molecule has 0 aromatic rings. The molecule has 80 heavy (non-hydrogen) atoms. The van der Waals surface area contributed by atoms with Crippen LogP contribution in [0.25, 0.3) is 0 Å². The zero-order valence-corrected chi connectivity index (χ0v) is 52.4. The van der Waals surface area contributed by atoms with Crippen LogP contribution in [0.1, 0.15) is 303 Å². The highest BCUT2D eigenvalue weighted by atomic mass is 31.2. The van der Waals surface area contributed by atoms with Gasteiger partial charge in [-0.15, -0.1) is 0 Å². The molecule has 0 aliphatic carbocycles. The molecule has 0 aliphatic rings. The molecule has 3 unspecified atom stereocenters. The van der Waals surface area contributed by atoms with Crippen molar-refractivity contribution < 1.29 is 52.2 Å². The third-order valence-corrected chi connectivity index (χ3v) is 15.1. The van der Waals surface area contributed by atoms with Crippen LogP contribution < -0.4 is 0 Å². The van der Waals surface area contributed by atoms with Crippen molar-refractivity contribution in [2.75, 3.05) is 26.4 Å². The van der Waals surface area contributed by atoms with Crippen molar-refractivity contribution in [2.24, 2.45) is 0 Å². The molecule has 0 fully saturated rings. The van der Waals surface area contributed by atoms with Crippen molar-refractivity contribution in [3.63, 3.8) is 0 Å². The van der Waals surface area contributed by atoms with Gasteiger partial charge in [0.2, 0.25) is 0 Å². The number of unbranched alkanes of at least 4 members (excludes halogenated alkanes) is 32. The van der Waals surface area contributed by atoms with E-state index in [1.165, 1.54) is 128 Å². The minimum absolute atomic E-state index is 0.159. The lowest BCUT2D eigenvalue weighted by Gasteiger charge is -2.21. The third-order valence-electron chi connectivity index (χ3n) is 14.1. The van der Waals surface area contributed by atoms with E-state index >= 15 is 0 Å². The maximum Gasteiger partial charge on any atom is 0.472 e.